The van der Waals surface area contributed by atoms with Crippen LogP contribution in [-0.2, 0) is 16.6 Å². The van der Waals surface area contributed by atoms with E-state index < -0.39 is 6.04 Å². The molecule has 0 spiro atoms. The van der Waals surface area contributed by atoms with Crippen LogP contribution in [-0.4, -0.2) is 42.2 Å². The predicted molar refractivity (Wildman–Crippen MR) is 106 cm³/mol. The molecule has 0 bridgehead atoms. The Balaban J connectivity index is 1.73. The molecule has 1 aliphatic rings. The summed E-state index contributed by atoms with van der Waals surface area (Å²) in [6, 6.07) is 10.8. The predicted octanol–water partition coefficient (Wildman–Crippen LogP) is 2.12. The molecule has 0 aliphatic heterocycles. The van der Waals surface area contributed by atoms with Crippen molar-refractivity contribution in [1.82, 2.24) is 15.2 Å². The van der Waals surface area contributed by atoms with Gasteiger partial charge in [0.15, 0.2) is 0 Å². The van der Waals surface area contributed by atoms with Gasteiger partial charge >= 0.3 is 0 Å². The van der Waals surface area contributed by atoms with Gasteiger partial charge in [0, 0.05) is 31.1 Å². The highest BCUT2D eigenvalue weighted by molar-refractivity contribution is 5.99. The number of carbonyl (C=O) groups is 2. The normalized spacial score (nSPS) is 20.3. The first kappa shape index (κ1) is 19.9. The minimum absolute atomic E-state index is 0.141. The number of ether oxygens (including phenoxy) is 1. The molecule has 1 saturated carbocycles. The number of nitriles is 1. The number of nitrogens with one attached hydrogen (secondary N) is 2. The number of amides is 2. The highest BCUT2D eigenvalue weighted by Gasteiger charge is 2.33. The lowest BCUT2D eigenvalue weighted by molar-refractivity contribution is -0.127. The second kappa shape index (κ2) is 8.89. The quantitative estimate of drug-likeness (QED) is 0.800. The monoisotopic (exact) mass is 382 g/mol. The summed E-state index contributed by atoms with van der Waals surface area (Å²) in [7, 11) is 3.36. The number of aromatic nitrogens is 1. The number of nitrogens with zero attached hydrogens (tertiary/aromatic N) is 2. The number of carbonyl (C=O) groups excluding carboxylic acids is 2. The molecule has 3 unspecified atom stereocenters. The van der Waals surface area contributed by atoms with Gasteiger partial charge in [-0.15, -0.1) is 0 Å². The van der Waals surface area contributed by atoms with E-state index in [1.807, 2.05) is 48.0 Å². The topological polar surface area (TPSA) is 96.2 Å². The zero-order chi connectivity index (χ0) is 20.1. The van der Waals surface area contributed by atoms with Gasteiger partial charge in [0.25, 0.3) is 5.91 Å². The second-order valence-corrected chi connectivity index (χ2v) is 7.26. The Kier molecular flexibility index (Phi) is 6.32. The van der Waals surface area contributed by atoms with Crippen molar-refractivity contribution in [2.75, 3.05) is 13.7 Å². The van der Waals surface area contributed by atoms with Crippen LogP contribution >= 0.6 is 0 Å². The Morgan fingerprint density at radius 2 is 2.07 bits per heavy atom. The van der Waals surface area contributed by atoms with Crippen molar-refractivity contribution in [3.05, 3.63) is 36.0 Å². The Bertz CT molecular complexity index is 899. The van der Waals surface area contributed by atoms with Gasteiger partial charge in [0.2, 0.25) is 5.91 Å². The van der Waals surface area contributed by atoms with Crippen molar-refractivity contribution < 1.29 is 14.3 Å². The maximum absolute atomic E-state index is 12.9. The van der Waals surface area contributed by atoms with Crippen LogP contribution in [0.2, 0.25) is 0 Å². The fourth-order valence-electron chi connectivity index (χ4n) is 3.92. The number of benzene rings is 1. The summed E-state index contributed by atoms with van der Waals surface area (Å²) in [6.45, 7) is 0.141. The summed E-state index contributed by atoms with van der Waals surface area (Å²) >= 11 is 0. The summed E-state index contributed by atoms with van der Waals surface area (Å²) in [5.74, 6) is -0.733. The molecule has 1 heterocycles. The molecule has 3 rings (SSSR count). The van der Waals surface area contributed by atoms with Gasteiger partial charge in [0.1, 0.15) is 11.7 Å². The Hall–Kier alpha value is -2.85. The lowest BCUT2D eigenvalue weighted by atomic mass is 9.83. The molecular weight excluding hydrogens is 356 g/mol. The molecule has 0 saturated heterocycles. The number of methoxy groups -OCH3 is 1. The summed E-state index contributed by atoms with van der Waals surface area (Å²) in [4.78, 5) is 25.6. The molecule has 1 aliphatic carbocycles. The highest BCUT2D eigenvalue weighted by atomic mass is 16.5. The summed E-state index contributed by atoms with van der Waals surface area (Å²) < 4.78 is 6.83. The number of fused-ring (bicyclic) bond motifs is 1. The minimum Gasteiger partial charge on any atom is -0.381 e. The van der Waals surface area contributed by atoms with Crippen molar-refractivity contribution in [1.29, 1.82) is 5.26 Å². The van der Waals surface area contributed by atoms with Gasteiger partial charge in [0.05, 0.1) is 18.6 Å². The third kappa shape index (κ3) is 4.18. The van der Waals surface area contributed by atoms with Crippen molar-refractivity contribution in [3.63, 3.8) is 0 Å². The molecule has 1 fully saturated rings. The summed E-state index contributed by atoms with van der Waals surface area (Å²) in [6.07, 6.45) is 3.33. The number of aryl methyl sites for hydroxylation is 1. The molecule has 2 aromatic rings. The van der Waals surface area contributed by atoms with Gasteiger partial charge < -0.3 is 19.9 Å². The number of hydrogen-bond acceptors (Lipinski definition) is 4. The first-order valence-corrected chi connectivity index (χ1v) is 9.59. The van der Waals surface area contributed by atoms with E-state index in [4.69, 9.17) is 10.00 Å². The lowest BCUT2D eigenvalue weighted by Crippen LogP contribution is -2.50. The Morgan fingerprint density at radius 3 is 2.79 bits per heavy atom. The molecule has 148 valence electrons. The van der Waals surface area contributed by atoms with E-state index >= 15 is 0 Å². The third-order valence-corrected chi connectivity index (χ3v) is 5.41. The van der Waals surface area contributed by atoms with Gasteiger partial charge in [-0.3, -0.25) is 9.59 Å². The maximum Gasteiger partial charge on any atom is 0.268 e. The molecule has 2 amide bonds. The van der Waals surface area contributed by atoms with Gasteiger partial charge in [-0.05, 0) is 25.0 Å². The standard InChI is InChI=1S/C21H26N4O3/c1-25-18-10-6-3-7-14(18)11-19(25)21(27)24-17-9-5-4-8-16(17)20(26)23-15(12-22)13-28-2/h3,6-7,10-11,15-17H,4-5,8-9,13H2,1-2H3,(H,23,26)(H,24,27). The maximum atomic E-state index is 12.9. The molecular formula is C21H26N4O3. The van der Waals surface area contributed by atoms with Crippen LogP contribution in [0.5, 0.6) is 0 Å². The van der Waals surface area contributed by atoms with Crippen molar-refractivity contribution >= 4 is 22.7 Å². The van der Waals surface area contributed by atoms with Crippen molar-refractivity contribution in [2.45, 2.75) is 37.8 Å². The van der Waals surface area contributed by atoms with Crippen LogP contribution in [0.25, 0.3) is 10.9 Å². The molecule has 28 heavy (non-hydrogen) atoms. The number of hydrogen-bond donors (Lipinski definition) is 2. The van der Waals surface area contributed by atoms with E-state index in [1.54, 1.807) is 0 Å². The van der Waals surface area contributed by atoms with Crippen LogP contribution in [0, 0.1) is 17.2 Å². The number of rotatable bonds is 6. The second-order valence-electron chi connectivity index (χ2n) is 7.26. The van der Waals surface area contributed by atoms with Crippen molar-refractivity contribution in [3.8, 4) is 6.07 Å². The van der Waals surface area contributed by atoms with Crippen LogP contribution in [0.15, 0.2) is 30.3 Å². The minimum atomic E-state index is -0.686. The van der Waals surface area contributed by atoms with E-state index in [0.29, 0.717) is 12.1 Å². The van der Waals surface area contributed by atoms with Gasteiger partial charge in [-0.25, -0.2) is 0 Å². The highest BCUT2D eigenvalue weighted by Crippen LogP contribution is 2.26. The SMILES string of the molecule is COCC(C#N)NC(=O)C1CCCCC1NC(=O)c1cc2ccccc2n1C. The molecule has 7 heteroatoms. The van der Waals surface area contributed by atoms with Crippen LogP contribution in [0.4, 0.5) is 0 Å². The lowest BCUT2D eigenvalue weighted by Gasteiger charge is -2.31. The fourth-order valence-corrected chi connectivity index (χ4v) is 3.92. The first-order valence-electron chi connectivity index (χ1n) is 9.59. The first-order chi connectivity index (χ1) is 13.5. The van der Waals surface area contributed by atoms with E-state index in [1.165, 1.54) is 7.11 Å². The molecule has 1 aromatic carbocycles. The van der Waals surface area contributed by atoms with Crippen molar-refractivity contribution in [2.24, 2.45) is 13.0 Å². The Labute approximate surface area is 164 Å². The molecule has 0 radical (unpaired) electrons. The number of para-hydroxylation sites is 1. The van der Waals surface area contributed by atoms with E-state index in [9.17, 15) is 9.59 Å². The largest absolute Gasteiger partial charge is 0.381 e. The van der Waals surface area contributed by atoms with Crippen LogP contribution in [0.3, 0.4) is 0 Å². The average Bonchev–Trinajstić information content (AvgIpc) is 3.05. The average molecular weight is 382 g/mol. The molecule has 3 atom stereocenters. The van der Waals surface area contributed by atoms with E-state index in [0.717, 1.165) is 30.2 Å². The molecule has 1 aromatic heterocycles. The van der Waals surface area contributed by atoms with Crippen LogP contribution in [0.1, 0.15) is 36.2 Å². The smallest absolute Gasteiger partial charge is 0.268 e. The third-order valence-electron chi connectivity index (χ3n) is 5.41. The zero-order valence-electron chi connectivity index (χ0n) is 16.3. The van der Waals surface area contributed by atoms with E-state index in [2.05, 4.69) is 10.6 Å². The fraction of sp³-hybridized carbons (Fsp3) is 0.476. The summed E-state index contributed by atoms with van der Waals surface area (Å²) in [5.41, 5.74) is 1.56. The molecule has 7 nitrogen and oxygen atoms in total. The molecule has 2 N–H and O–H groups in total. The van der Waals surface area contributed by atoms with Gasteiger partial charge in [-0.2, -0.15) is 5.26 Å². The van der Waals surface area contributed by atoms with Crippen LogP contribution < -0.4 is 10.6 Å². The summed E-state index contributed by atoms with van der Waals surface area (Å²) in [5, 5.41) is 15.9. The zero-order valence-corrected chi connectivity index (χ0v) is 16.3. The van der Waals surface area contributed by atoms with E-state index in [-0.39, 0.29) is 30.4 Å². The van der Waals surface area contributed by atoms with Gasteiger partial charge in [-0.1, -0.05) is 31.0 Å². The Morgan fingerprint density at radius 1 is 1.32 bits per heavy atom.